The van der Waals surface area contributed by atoms with Crippen LogP contribution >= 0.6 is 11.6 Å². The van der Waals surface area contributed by atoms with Gasteiger partial charge in [0.25, 0.3) is 0 Å². The van der Waals surface area contributed by atoms with Gasteiger partial charge in [-0.05, 0) is 66.7 Å². The van der Waals surface area contributed by atoms with Crippen LogP contribution in [0.3, 0.4) is 0 Å². The zero-order chi connectivity index (χ0) is 18.8. The van der Waals surface area contributed by atoms with Crippen molar-refractivity contribution in [2.24, 2.45) is 0 Å². The van der Waals surface area contributed by atoms with Gasteiger partial charge in [-0.1, -0.05) is 11.6 Å². The number of rotatable bonds is 5. The minimum Gasteiger partial charge on any atom is -0.497 e. The minimum atomic E-state index is 0.662. The van der Waals surface area contributed by atoms with E-state index >= 15 is 0 Å². The molecular weight excluding hydrogens is 362 g/mol. The molecule has 0 atom stereocenters. The molecule has 136 valence electrons. The lowest BCUT2D eigenvalue weighted by Gasteiger charge is -2.11. The van der Waals surface area contributed by atoms with Crippen LogP contribution in [0.25, 0.3) is 16.6 Å². The Morgan fingerprint density at radius 1 is 0.852 bits per heavy atom. The average Bonchev–Trinajstić information content (AvgIpc) is 3.06. The Balaban J connectivity index is 1.83. The number of nitrogens with zero attached hydrogens (tertiary/aromatic N) is 2. The number of fused-ring (bicyclic) bond motifs is 1. The van der Waals surface area contributed by atoms with Crippen LogP contribution in [0.2, 0.25) is 5.02 Å². The number of aromatic nitrogens is 2. The lowest BCUT2D eigenvalue weighted by Crippen LogP contribution is -2.02. The zero-order valence-corrected chi connectivity index (χ0v) is 15.7. The molecule has 0 saturated carbocycles. The van der Waals surface area contributed by atoms with Gasteiger partial charge in [-0.3, -0.25) is 0 Å². The second-order valence-corrected chi connectivity index (χ2v) is 6.41. The standard InChI is InChI=1S/C21H18ClN3O2/c1-26-17-8-4-15(5-9-17)23-21-19-13-14(22)3-12-20(19)24-25(21)16-6-10-18(27-2)11-7-16/h3-13,23H,1-2H3. The molecule has 4 rings (SSSR count). The molecule has 0 unspecified atom stereocenters. The molecule has 0 bridgehead atoms. The van der Waals surface area contributed by atoms with Gasteiger partial charge < -0.3 is 14.8 Å². The van der Waals surface area contributed by atoms with Crippen LogP contribution in [-0.4, -0.2) is 24.0 Å². The third kappa shape index (κ3) is 3.41. The van der Waals surface area contributed by atoms with Crippen LogP contribution in [0.5, 0.6) is 11.5 Å². The van der Waals surface area contributed by atoms with E-state index in [1.165, 1.54) is 0 Å². The molecule has 0 spiro atoms. The number of benzene rings is 3. The Hall–Kier alpha value is -3.18. The average molecular weight is 380 g/mol. The second-order valence-electron chi connectivity index (χ2n) is 5.97. The summed E-state index contributed by atoms with van der Waals surface area (Å²) in [6, 6.07) is 21.1. The molecule has 0 aliphatic carbocycles. The summed E-state index contributed by atoms with van der Waals surface area (Å²) in [6.07, 6.45) is 0. The van der Waals surface area contributed by atoms with E-state index < -0.39 is 0 Å². The molecule has 4 aromatic rings. The third-order valence-electron chi connectivity index (χ3n) is 4.30. The summed E-state index contributed by atoms with van der Waals surface area (Å²) < 4.78 is 12.3. The first-order chi connectivity index (χ1) is 13.2. The molecule has 3 aromatic carbocycles. The van der Waals surface area contributed by atoms with Crippen LogP contribution in [-0.2, 0) is 0 Å². The van der Waals surface area contributed by atoms with E-state index in [4.69, 9.17) is 26.2 Å². The summed E-state index contributed by atoms with van der Waals surface area (Å²) in [5, 5.41) is 9.80. The summed E-state index contributed by atoms with van der Waals surface area (Å²) in [7, 11) is 3.30. The molecule has 0 amide bonds. The summed E-state index contributed by atoms with van der Waals surface area (Å²) >= 11 is 6.23. The van der Waals surface area contributed by atoms with Gasteiger partial charge in [0.15, 0.2) is 0 Å². The van der Waals surface area contributed by atoms with E-state index in [9.17, 15) is 0 Å². The van der Waals surface area contributed by atoms with E-state index in [1.54, 1.807) is 14.2 Å². The van der Waals surface area contributed by atoms with Gasteiger partial charge in [-0.25, -0.2) is 4.68 Å². The quantitative estimate of drug-likeness (QED) is 0.501. The number of halogens is 1. The van der Waals surface area contributed by atoms with Crippen molar-refractivity contribution in [3.8, 4) is 17.2 Å². The zero-order valence-electron chi connectivity index (χ0n) is 14.9. The van der Waals surface area contributed by atoms with Gasteiger partial charge in [0.2, 0.25) is 0 Å². The predicted molar refractivity (Wildman–Crippen MR) is 109 cm³/mol. The van der Waals surface area contributed by atoms with Crippen LogP contribution in [0.1, 0.15) is 0 Å². The van der Waals surface area contributed by atoms with Crippen molar-refractivity contribution >= 4 is 34.0 Å². The maximum Gasteiger partial charge on any atom is 0.142 e. The van der Waals surface area contributed by atoms with Gasteiger partial charge >= 0.3 is 0 Å². The molecule has 5 nitrogen and oxygen atoms in total. The molecule has 1 heterocycles. The molecule has 1 aromatic heterocycles. The summed E-state index contributed by atoms with van der Waals surface area (Å²) in [6.45, 7) is 0. The first kappa shape index (κ1) is 17.2. The second kappa shape index (κ2) is 7.21. The molecule has 27 heavy (non-hydrogen) atoms. The van der Waals surface area contributed by atoms with Crippen molar-refractivity contribution in [2.45, 2.75) is 0 Å². The molecule has 6 heteroatoms. The first-order valence-electron chi connectivity index (χ1n) is 8.42. The van der Waals surface area contributed by atoms with Gasteiger partial charge in [0.05, 0.1) is 25.4 Å². The Morgan fingerprint density at radius 2 is 1.48 bits per heavy atom. The first-order valence-corrected chi connectivity index (χ1v) is 8.79. The van der Waals surface area contributed by atoms with E-state index in [2.05, 4.69) is 5.32 Å². The smallest absolute Gasteiger partial charge is 0.142 e. The number of nitrogens with one attached hydrogen (secondary N) is 1. The van der Waals surface area contributed by atoms with Crippen molar-refractivity contribution < 1.29 is 9.47 Å². The maximum absolute atomic E-state index is 6.23. The van der Waals surface area contributed by atoms with Crippen LogP contribution in [0, 0.1) is 0 Å². The Kier molecular flexibility index (Phi) is 4.60. The number of anilines is 2. The molecule has 0 radical (unpaired) electrons. The molecule has 0 fully saturated rings. The summed E-state index contributed by atoms with van der Waals surface area (Å²) in [4.78, 5) is 0. The molecule has 0 saturated heterocycles. The van der Waals surface area contributed by atoms with Crippen molar-refractivity contribution in [3.63, 3.8) is 0 Å². The van der Waals surface area contributed by atoms with Gasteiger partial charge in [0.1, 0.15) is 17.3 Å². The fourth-order valence-corrected chi connectivity index (χ4v) is 3.07. The van der Waals surface area contributed by atoms with Crippen molar-refractivity contribution in [1.82, 2.24) is 9.78 Å². The van der Waals surface area contributed by atoms with E-state index in [-0.39, 0.29) is 0 Å². The number of hydrogen-bond donors (Lipinski definition) is 1. The normalized spacial score (nSPS) is 10.8. The molecule has 1 N–H and O–H groups in total. The summed E-state index contributed by atoms with van der Waals surface area (Å²) in [5.41, 5.74) is 2.69. The minimum absolute atomic E-state index is 0.662. The highest BCUT2D eigenvalue weighted by molar-refractivity contribution is 6.31. The largest absolute Gasteiger partial charge is 0.497 e. The van der Waals surface area contributed by atoms with E-state index in [0.717, 1.165) is 39.6 Å². The van der Waals surface area contributed by atoms with Crippen LogP contribution < -0.4 is 14.8 Å². The van der Waals surface area contributed by atoms with Crippen LogP contribution in [0.15, 0.2) is 66.7 Å². The van der Waals surface area contributed by atoms with Gasteiger partial charge in [-0.15, -0.1) is 0 Å². The highest BCUT2D eigenvalue weighted by Gasteiger charge is 2.14. The lowest BCUT2D eigenvalue weighted by molar-refractivity contribution is 0.414. The third-order valence-corrected chi connectivity index (χ3v) is 4.54. The predicted octanol–water partition coefficient (Wildman–Crippen LogP) is 5.44. The highest BCUT2D eigenvalue weighted by atomic mass is 35.5. The SMILES string of the molecule is COc1ccc(Nc2c3cc(Cl)ccc3nn2-c2ccc(OC)cc2)cc1. The van der Waals surface area contributed by atoms with E-state index in [0.29, 0.717) is 5.02 Å². The van der Waals surface area contributed by atoms with Gasteiger partial charge in [0, 0.05) is 16.1 Å². The topological polar surface area (TPSA) is 48.3 Å². The monoisotopic (exact) mass is 379 g/mol. The number of ether oxygens (including phenoxy) is 2. The molecular formula is C21H18ClN3O2. The van der Waals surface area contributed by atoms with Crippen LogP contribution in [0.4, 0.5) is 11.5 Å². The molecule has 0 aliphatic heterocycles. The van der Waals surface area contributed by atoms with Gasteiger partial charge in [-0.2, -0.15) is 5.10 Å². The number of methoxy groups -OCH3 is 2. The van der Waals surface area contributed by atoms with Crippen molar-refractivity contribution in [2.75, 3.05) is 19.5 Å². The number of hydrogen-bond acceptors (Lipinski definition) is 4. The van der Waals surface area contributed by atoms with Crippen molar-refractivity contribution in [3.05, 3.63) is 71.8 Å². The van der Waals surface area contributed by atoms with Crippen molar-refractivity contribution in [1.29, 1.82) is 0 Å². The fraction of sp³-hybridized carbons (Fsp3) is 0.0952. The fourth-order valence-electron chi connectivity index (χ4n) is 2.90. The highest BCUT2D eigenvalue weighted by Crippen LogP contribution is 2.32. The summed E-state index contributed by atoms with van der Waals surface area (Å²) in [5.74, 6) is 2.43. The van der Waals surface area contributed by atoms with E-state index in [1.807, 2.05) is 71.4 Å². The Bertz CT molecular complexity index is 1070. The maximum atomic E-state index is 6.23. The Morgan fingerprint density at radius 3 is 2.11 bits per heavy atom. The lowest BCUT2D eigenvalue weighted by atomic mass is 10.2. The Labute approximate surface area is 162 Å². The molecule has 0 aliphatic rings.